The van der Waals surface area contributed by atoms with E-state index in [0.29, 0.717) is 22.2 Å². The second-order valence-electron chi connectivity index (χ2n) is 11.4. The van der Waals surface area contributed by atoms with E-state index in [1.807, 2.05) is 13.8 Å². The molecule has 0 bridgehead atoms. The third-order valence-electron chi connectivity index (χ3n) is 7.80. The van der Waals surface area contributed by atoms with Crippen LogP contribution in [0, 0.1) is 22.9 Å². The van der Waals surface area contributed by atoms with Crippen LogP contribution < -0.4 is 4.74 Å². The van der Waals surface area contributed by atoms with Gasteiger partial charge in [0.2, 0.25) is 0 Å². The van der Waals surface area contributed by atoms with Gasteiger partial charge in [-0.25, -0.2) is 27.9 Å². The molecule has 0 amide bonds. The summed E-state index contributed by atoms with van der Waals surface area (Å²) in [6.45, 7) is 4.58. The van der Waals surface area contributed by atoms with E-state index in [9.17, 15) is 9.90 Å². The van der Waals surface area contributed by atoms with Crippen LogP contribution in [0.4, 0.5) is 13.2 Å². The summed E-state index contributed by atoms with van der Waals surface area (Å²) < 4.78 is 59.3. The number of carboxylic acid groups (broad SMARTS) is 1. The molecule has 2 aromatic heterocycles. The number of aromatic carboxylic acids is 1. The lowest BCUT2D eigenvalue weighted by Gasteiger charge is -2.28. The second-order valence-corrected chi connectivity index (χ2v) is 12.2. The average molecular weight is 657 g/mol. The highest BCUT2D eigenvalue weighted by Crippen LogP contribution is 2.41. The Morgan fingerprint density at radius 3 is 2.56 bits per heavy atom. The molecule has 0 spiro atoms. The highest BCUT2D eigenvalue weighted by Gasteiger charge is 2.39. The Balaban J connectivity index is 1.33. The third kappa shape index (κ3) is 6.07. The zero-order valence-corrected chi connectivity index (χ0v) is 25.5. The number of rotatable bonds is 8. The first-order valence-electron chi connectivity index (χ1n) is 13.8. The van der Waals surface area contributed by atoms with Crippen molar-refractivity contribution in [3.05, 3.63) is 105 Å². The maximum atomic E-state index is 15.6. The number of fused-ring (bicyclic) bond motifs is 1. The normalized spacial score (nSPS) is 15.9. The lowest BCUT2D eigenvalue weighted by molar-refractivity contribution is 0.0696. The molecule has 45 heavy (non-hydrogen) atoms. The van der Waals surface area contributed by atoms with Gasteiger partial charge in [0.25, 0.3) is 0 Å². The highest BCUT2D eigenvalue weighted by atomic mass is 35.5. The van der Waals surface area contributed by atoms with Crippen molar-refractivity contribution in [1.82, 2.24) is 19.5 Å². The molecule has 0 radical (unpaired) electrons. The number of carboxylic acids is 1. The molecule has 1 aliphatic heterocycles. The first-order valence-corrected chi connectivity index (χ1v) is 14.6. The summed E-state index contributed by atoms with van der Waals surface area (Å²) in [6.07, 6.45) is 1.16. The van der Waals surface area contributed by atoms with Crippen molar-refractivity contribution in [2.75, 3.05) is 13.2 Å². The van der Waals surface area contributed by atoms with Crippen LogP contribution in [0.2, 0.25) is 10.0 Å². The molecular weight excluding hydrogens is 632 g/mol. The fourth-order valence-electron chi connectivity index (χ4n) is 5.41. The van der Waals surface area contributed by atoms with Crippen LogP contribution in [0.3, 0.4) is 0 Å². The molecule has 1 aliphatic rings. The van der Waals surface area contributed by atoms with Gasteiger partial charge >= 0.3 is 12.0 Å². The number of halogens is 5. The molecule has 0 aliphatic carbocycles. The van der Waals surface area contributed by atoms with Gasteiger partial charge in [-0.3, -0.25) is 0 Å². The summed E-state index contributed by atoms with van der Waals surface area (Å²) in [5, 5.41) is 10.4. The molecule has 232 valence electrons. The Labute approximate surface area is 265 Å². The Hall–Kier alpha value is -4.19. The molecule has 3 heterocycles. The van der Waals surface area contributed by atoms with Crippen LogP contribution in [0.15, 0.2) is 54.7 Å². The van der Waals surface area contributed by atoms with Crippen LogP contribution in [0.1, 0.15) is 47.2 Å². The van der Waals surface area contributed by atoms with E-state index in [1.165, 1.54) is 18.3 Å². The molecule has 13 heteroatoms. The molecule has 1 unspecified atom stereocenters. The van der Waals surface area contributed by atoms with E-state index in [1.54, 1.807) is 22.8 Å². The standard InChI is InChI=1S/C32H25Cl2F3N4O4/c1-32(2)15-44-14-27(32)41-26-9-18(30(42)43)8-24(37)29(26)40-28(41)10-17-7-23(36)20(12-22(17)35)25-5-6-38-31(39-25)45-13-16-3-4-19(33)11-21(16)34/h3-9,11-12,27H,10,13-15H2,1-2H3,(H,42,43). The van der Waals surface area contributed by atoms with E-state index < -0.39 is 28.8 Å². The lowest BCUT2D eigenvalue weighted by Crippen LogP contribution is -2.27. The van der Waals surface area contributed by atoms with Crippen molar-refractivity contribution >= 4 is 40.2 Å². The molecule has 3 aromatic carbocycles. The summed E-state index contributed by atoms with van der Waals surface area (Å²) in [4.78, 5) is 24.4. The minimum absolute atomic E-state index is 0.0215. The molecule has 6 rings (SSSR count). The molecule has 1 N–H and O–H groups in total. The number of aromatic nitrogens is 4. The molecule has 1 fully saturated rings. The average Bonchev–Trinajstić information content (AvgIpc) is 3.52. The zero-order valence-electron chi connectivity index (χ0n) is 24.0. The smallest absolute Gasteiger partial charge is 0.335 e. The zero-order chi connectivity index (χ0) is 32.0. The van der Waals surface area contributed by atoms with Crippen LogP contribution >= 0.6 is 23.2 Å². The van der Waals surface area contributed by atoms with Crippen molar-refractivity contribution in [3.8, 4) is 17.3 Å². The lowest BCUT2D eigenvalue weighted by atomic mass is 9.87. The minimum atomic E-state index is -1.30. The van der Waals surface area contributed by atoms with Crippen LogP contribution in [0.5, 0.6) is 6.01 Å². The molecular formula is C32H25Cl2F3N4O4. The van der Waals surface area contributed by atoms with Crippen LogP contribution in [-0.2, 0) is 17.8 Å². The number of ether oxygens (including phenoxy) is 2. The van der Waals surface area contributed by atoms with Crippen LogP contribution in [-0.4, -0.2) is 43.8 Å². The summed E-state index contributed by atoms with van der Waals surface area (Å²) in [5.74, 6) is -3.40. The number of hydrogen-bond donors (Lipinski definition) is 1. The Morgan fingerprint density at radius 1 is 1.04 bits per heavy atom. The van der Waals surface area contributed by atoms with Crippen molar-refractivity contribution in [2.24, 2.45) is 5.41 Å². The number of carbonyl (C=O) groups is 1. The molecule has 8 nitrogen and oxygen atoms in total. The monoisotopic (exact) mass is 656 g/mol. The fourth-order valence-corrected chi connectivity index (χ4v) is 5.87. The SMILES string of the molecule is CC1(C)COCC1n1c(Cc2cc(F)c(-c3ccnc(OCc4ccc(Cl)cc4Cl)n3)cc2F)nc2c(F)cc(C(=O)O)cc21. The number of benzene rings is 3. The third-order valence-corrected chi connectivity index (χ3v) is 8.39. The number of hydrogen-bond acceptors (Lipinski definition) is 6. The van der Waals surface area contributed by atoms with Gasteiger partial charge in [0.1, 0.15) is 29.6 Å². The number of nitrogens with zero attached hydrogens (tertiary/aromatic N) is 4. The molecule has 0 saturated carbocycles. The maximum Gasteiger partial charge on any atom is 0.335 e. The van der Waals surface area contributed by atoms with Gasteiger partial charge in [0.15, 0.2) is 5.82 Å². The van der Waals surface area contributed by atoms with Gasteiger partial charge in [-0.05, 0) is 48.0 Å². The second kappa shape index (κ2) is 12.0. The van der Waals surface area contributed by atoms with Gasteiger partial charge in [0.05, 0.1) is 36.0 Å². The van der Waals surface area contributed by atoms with Crippen molar-refractivity contribution in [2.45, 2.75) is 32.9 Å². The van der Waals surface area contributed by atoms with Crippen molar-refractivity contribution < 1.29 is 32.5 Å². The van der Waals surface area contributed by atoms with Gasteiger partial charge in [-0.2, -0.15) is 4.98 Å². The molecule has 5 aromatic rings. The quantitative estimate of drug-likeness (QED) is 0.183. The summed E-state index contributed by atoms with van der Waals surface area (Å²) in [6, 6.07) is 10.2. The van der Waals surface area contributed by atoms with Crippen molar-refractivity contribution in [1.29, 1.82) is 0 Å². The molecule has 1 atom stereocenters. The largest absolute Gasteiger partial charge is 0.478 e. The van der Waals surface area contributed by atoms with Gasteiger partial charge in [0, 0.05) is 39.2 Å². The fraction of sp³-hybridized carbons (Fsp3) is 0.250. The Bertz CT molecular complexity index is 1970. The van der Waals surface area contributed by atoms with Gasteiger partial charge < -0.3 is 19.1 Å². The van der Waals surface area contributed by atoms with E-state index in [4.69, 9.17) is 32.7 Å². The maximum absolute atomic E-state index is 15.6. The van der Waals surface area contributed by atoms with E-state index >= 15 is 13.2 Å². The van der Waals surface area contributed by atoms with Gasteiger partial charge in [-0.15, -0.1) is 0 Å². The van der Waals surface area contributed by atoms with E-state index in [0.717, 1.165) is 18.2 Å². The molecule has 1 saturated heterocycles. The van der Waals surface area contributed by atoms with E-state index in [2.05, 4.69) is 15.0 Å². The summed E-state index contributed by atoms with van der Waals surface area (Å²) in [7, 11) is 0. The summed E-state index contributed by atoms with van der Waals surface area (Å²) in [5.41, 5.74) is 0.0447. The summed E-state index contributed by atoms with van der Waals surface area (Å²) >= 11 is 12.1. The first-order chi connectivity index (χ1) is 21.4. The Morgan fingerprint density at radius 2 is 1.84 bits per heavy atom. The minimum Gasteiger partial charge on any atom is -0.478 e. The topological polar surface area (TPSA) is 99.4 Å². The first kappa shape index (κ1) is 30.8. The van der Waals surface area contributed by atoms with Crippen LogP contribution in [0.25, 0.3) is 22.3 Å². The highest BCUT2D eigenvalue weighted by molar-refractivity contribution is 6.35. The van der Waals surface area contributed by atoms with E-state index in [-0.39, 0.29) is 70.9 Å². The predicted molar refractivity (Wildman–Crippen MR) is 161 cm³/mol. The predicted octanol–water partition coefficient (Wildman–Crippen LogP) is 7.68. The van der Waals surface area contributed by atoms with Crippen molar-refractivity contribution in [3.63, 3.8) is 0 Å². The number of imidazole rings is 1. The van der Waals surface area contributed by atoms with Gasteiger partial charge in [-0.1, -0.05) is 43.1 Å². The Kier molecular flexibility index (Phi) is 8.19.